The second-order valence-corrected chi connectivity index (χ2v) is 5.04. The highest BCUT2D eigenvalue weighted by Gasteiger charge is 2.19. The molecule has 0 saturated carbocycles. The molecule has 0 aliphatic rings. The normalized spacial score (nSPS) is 12.9. The highest BCUT2D eigenvalue weighted by atomic mass is 16.6. The Labute approximate surface area is 108 Å². The first-order valence-electron chi connectivity index (χ1n) is 5.89. The van der Waals surface area contributed by atoms with E-state index in [4.69, 9.17) is 14.6 Å². The molecule has 1 amide bonds. The van der Waals surface area contributed by atoms with Crippen LogP contribution in [0.5, 0.6) is 0 Å². The second kappa shape index (κ2) is 8.05. The van der Waals surface area contributed by atoms with Crippen molar-refractivity contribution in [1.82, 2.24) is 5.32 Å². The molecular weight excluding hydrogens is 238 g/mol. The van der Waals surface area contributed by atoms with Gasteiger partial charge in [-0.25, -0.2) is 4.79 Å². The predicted molar refractivity (Wildman–Crippen MR) is 66.4 cm³/mol. The number of Topliss-reactive ketones (excluding diaryl/α,β-unsaturated/α-hetero) is 1. The summed E-state index contributed by atoms with van der Waals surface area (Å²) in [6.45, 7) is 5.07. The number of methoxy groups -OCH3 is 1. The zero-order valence-corrected chi connectivity index (χ0v) is 11.5. The summed E-state index contributed by atoms with van der Waals surface area (Å²) in [5.41, 5.74) is -0.587. The van der Waals surface area contributed by atoms with E-state index in [2.05, 4.69) is 5.32 Å². The monoisotopic (exact) mass is 261 g/mol. The van der Waals surface area contributed by atoms with Crippen molar-refractivity contribution in [3.63, 3.8) is 0 Å². The first-order valence-corrected chi connectivity index (χ1v) is 5.89. The molecule has 0 unspecified atom stereocenters. The molecule has 106 valence electrons. The molecule has 0 aliphatic carbocycles. The summed E-state index contributed by atoms with van der Waals surface area (Å²) < 4.78 is 9.75. The Morgan fingerprint density at radius 2 is 1.94 bits per heavy atom. The Kier molecular flexibility index (Phi) is 7.54. The van der Waals surface area contributed by atoms with Crippen LogP contribution in [0, 0.1) is 0 Å². The van der Waals surface area contributed by atoms with Gasteiger partial charge in [0, 0.05) is 13.5 Å². The van der Waals surface area contributed by atoms with E-state index in [9.17, 15) is 9.59 Å². The molecule has 0 aliphatic heterocycles. The van der Waals surface area contributed by atoms with Gasteiger partial charge < -0.3 is 19.9 Å². The van der Waals surface area contributed by atoms with Gasteiger partial charge >= 0.3 is 6.09 Å². The fourth-order valence-corrected chi connectivity index (χ4v) is 1.25. The van der Waals surface area contributed by atoms with Gasteiger partial charge in [-0.1, -0.05) is 0 Å². The predicted octanol–water partition coefficient (Wildman–Crippen LogP) is 0.868. The number of rotatable bonds is 7. The number of nitrogens with one attached hydrogen (secondary N) is 1. The van der Waals surface area contributed by atoms with Crippen LogP contribution in [0.3, 0.4) is 0 Å². The zero-order valence-electron chi connectivity index (χ0n) is 11.5. The zero-order chi connectivity index (χ0) is 14.2. The van der Waals surface area contributed by atoms with Crippen LogP contribution in [0.4, 0.5) is 4.79 Å². The van der Waals surface area contributed by atoms with Crippen molar-refractivity contribution in [3.8, 4) is 0 Å². The van der Waals surface area contributed by atoms with Gasteiger partial charge in [-0.3, -0.25) is 4.79 Å². The van der Waals surface area contributed by atoms with E-state index in [1.807, 2.05) is 0 Å². The molecule has 0 bridgehead atoms. The average molecular weight is 261 g/mol. The fraction of sp³-hybridized carbons (Fsp3) is 0.833. The Morgan fingerprint density at radius 1 is 1.33 bits per heavy atom. The number of hydrogen-bond donors (Lipinski definition) is 2. The molecule has 18 heavy (non-hydrogen) atoms. The van der Waals surface area contributed by atoms with E-state index < -0.39 is 17.7 Å². The minimum atomic E-state index is -0.597. The van der Waals surface area contributed by atoms with Gasteiger partial charge in [0.05, 0.1) is 12.6 Å². The Balaban J connectivity index is 4.03. The Morgan fingerprint density at radius 3 is 2.39 bits per heavy atom. The first-order chi connectivity index (χ1) is 8.28. The van der Waals surface area contributed by atoms with Gasteiger partial charge in [0.1, 0.15) is 12.2 Å². The van der Waals surface area contributed by atoms with E-state index in [0.29, 0.717) is 6.42 Å². The minimum Gasteiger partial charge on any atom is -0.444 e. The van der Waals surface area contributed by atoms with Crippen molar-refractivity contribution in [3.05, 3.63) is 0 Å². The standard InChI is InChI=1S/C12H23NO5/c1-12(2,3)18-11(16)13-9(7-14)5-6-10(15)8-17-4/h9,14H,5-8H2,1-4H3,(H,13,16)/t9-/m0/s1. The fourth-order valence-electron chi connectivity index (χ4n) is 1.25. The van der Waals surface area contributed by atoms with Crippen LogP contribution in [-0.2, 0) is 14.3 Å². The summed E-state index contributed by atoms with van der Waals surface area (Å²) in [7, 11) is 1.44. The maximum Gasteiger partial charge on any atom is 0.407 e. The molecule has 0 radical (unpaired) electrons. The maximum absolute atomic E-state index is 11.4. The number of carbonyl (C=O) groups is 2. The smallest absolute Gasteiger partial charge is 0.407 e. The quantitative estimate of drug-likeness (QED) is 0.710. The molecule has 2 N–H and O–H groups in total. The van der Waals surface area contributed by atoms with E-state index in [0.717, 1.165) is 0 Å². The van der Waals surface area contributed by atoms with Crippen LogP contribution in [0.15, 0.2) is 0 Å². The summed E-state index contributed by atoms with van der Waals surface area (Å²) >= 11 is 0. The maximum atomic E-state index is 11.4. The van der Waals surface area contributed by atoms with Crippen molar-refractivity contribution in [2.45, 2.75) is 45.3 Å². The minimum absolute atomic E-state index is 0.0462. The topological polar surface area (TPSA) is 84.9 Å². The van der Waals surface area contributed by atoms with Crippen molar-refractivity contribution in [2.24, 2.45) is 0 Å². The number of aliphatic hydroxyl groups is 1. The van der Waals surface area contributed by atoms with Gasteiger partial charge in [-0.2, -0.15) is 0 Å². The number of amides is 1. The molecule has 0 heterocycles. The Hall–Kier alpha value is -1.14. The van der Waals surface area contributed by atoms with Gasteiger partial charge in [0.15, 0.2) is 5.78 Å². The lowest BCUT2D eigenvalue weighted by atomic mass is 10.1. The molecular formula is C12H23NO5. The summed E-state index contributed by atoms with van der Waals surface area (Å²) in [6, 6.07) is -0.486. The third kappa shape index (κ3) is 8.95. The van der Waals surface area contributed by atoms with Crippen LogP contribution < -0.4 is 5.32 Å². The van der Waals surface area contributed by atoms with Gasteiger partial charge in [0.2, 0.25) is 0 Å². The lowest BCUT2D eigenvalue weighted by Crippen LogP contribution is -2.41. The van der Waals surface area contributed by atoms with E-state index in [1.165, 1.54) is 7.11 Å². The summed E-state index contributed by atoms with van der Waals surface area (Å²) in [4.78, 5) is 22.7. The van der Waals surface area contributed by atoms with Crippen LogP contribution >= 0.6 is 0 Å². The molecule has 0 saturated heterocycles. The molecule has 0 spiro atoms. The van der Waals surface area contributed by atoms with Crippen molar-refractivity contribution in [2.75, 3.05) is 20.3 Å². The number of hydrogen-bond acceptors (Lipinski definition) is 5. The lowest BCUT2D eigenvalue weighted by Gasteiger charge is -2.22. The summed E-state index contributed by atoms with van der Waals surface area (Å²) in [6.07, 6.45) is 0.00743. The van der Waals surface area contributed by atoms with E-state index in [-0.39, 0.29) is 25.4 Å². The molecule has 0 aromatic carbocycles. The second-order valence-electron chi connectivity index (χ2n) is 5.04. The van der Waals surface area contributed by atoms with Crippen LogP contribution in [0.1, 0.15) is 33.6 Å². The molecule has 1 atom stereocenters. The van der Waals surface area contributed by atoms with Gasteiger partial charge in [-0.05, 0) is 27.2 Å². The van der Waals surface area contributed by atoms with Crippen molar-refractivity contribution < 1.29 is 24.2 Å². The first kappa shape index (κ1) is 16.9. The molecule has 6 nitrogen and oxygen atoms in total. The lowest BCUT2D eigenvalue weighted by molar-refractivity contribution is -0.122. The summed E-state index contributed by atoms with van der Waals surface area (Å²) in [5, 5.41) is 11.6. The summed E-state index contributed by atoms with van der Waals surface area (Å²) in [5.74, 6) is -0.0676. The van der Waals surface area contributed by atoms with Gasteiger partial charge in [0.25, 0.3) is 0 Å². The number of aliphatic hydroxyl groups excluding tert-OH is 1. The van der Waals surface area contributed by atoms with E-state index >= 15 is 0 Å². The molecule has 0 rings (SSSR count). The largest absolute Gasteiger partial charge is 0.444 e. The van der Waals surface area contributed by atoms with Crippen LogP contribution in [0.2, 0.25) is 0 Å². The van der Waals surface area contributed by atoms with E-state index in [1.54, 1.807) is 20.8 Å². The highest BCUT2D eigenvalue weighted by Crippen LogP contribution is 2.07. The Bertz CT molecular complexity index is 272. The third-order valence-electron chi connectivity index (χ3n) is 2.02. The van der Waals surface area contributed by atoms with Crippen molar-refractivity contribution >= 4 is 11.9 Å². The van der Waals surface area contributed by atoms with Crippen LogP contribution in [0.25, 0.3) is 0 Å². The number of ketones is 1. The van der Waals surface area contributed by atoms with Crippen molar-refractivity contribution in [1.29, 1.82) is 0 Å². The SMILES string of the molecule is COCC(=O)CC[C@@H](CO)NC(=O)OC(C)(C)C. The molecule has 0 aromatic heterocycles. The highest BCUT2D eigenvalue weighted by molar-refractivity contribution is 5.79. The molecule has 0 fully saturated rings. The number of ether oxygens (including phenoxy) is 2. The number of alkyl carbamates (subject to hydrolysis) is 1. The number of carbonyl (C=O) groups excluding carboxylic acids is 2. The average Bonchev–Trinajstić information content (AvgIpc) is 2.22. The van der Waals surface area contributed by atoms with Gasteiger partial charge in [-0.15, -0.1) is 0 Å². The van der Waals surface area contributed by atoms with Crippen LogP contribution in [-0.4, -0.2) is 48.9 Å². The third-order valence-corrected chi connectivity index (χ3v) is 2.02. The molecule has 6 heteroatoms. The molecule has 0 aromatic rings.